The van der Waals surface area contributed by atoms with Crippen molar-refractivity contribution in [1.29, 1.82) is 0 Å². The Morgan fingerprint density at radius 1 is 0.690 bits per heavy atom. The summed E-state index contributed by atoms with van der Waals surface area (Å²) in [7, 11) is -10.4. The lowest BCUT2D eigenvalue weighted by molar-refractivity contribution is -0.312. The highest BCUT2D eigenvalue weighted by molar-refractivity contribution is 6.76. The third kappa shape index (κ3) is 18.1. The van der Waals surface area contributed by atoms with Gasteiger partial charge in [0.1, 0.15) is 30.2 Å². The molecule has 1 spiro atoms. The van der Waals surface area contributed by atoms with E-state index in [9.17, 15) is 0 Å². The lowest BCUT2D eigenvalue weighted by atomic mass is 9.81. The van der Waals surface area contributed by atoms with Gasteiger partial charge >= 0.3 is 0 Å². The molecule has 5 saturated heterocycles. The average Bonchev–Trinajstić information content (AvgIpc) is 1.26. The summed E-state index contributed by atoms with van der Waals surface area (Å²) in [6.45, 7) is 67.5. The molecule has 8 aliphatic rings. The molecular weight excluding hydrogens is 1180 g/mol. The van der Waals surface area contributed by atoms with Crippen molar-refractivity contribution in [3.63, 3.8) is 0 Å². The van der Waals surface area contributed by atoms with Crippen molar-refractivity contribution in [1.82, 2.24) is 0 Å². The van der Waals surface area contributed by atoms with E-state index in [0.29, 0.717) is 38.9 Å². The molecule has 0 aliphatic carbocycles. The van der Waals surface area contributed by atoms with Gasteiger partial charge in [0.25, 0.3) is 0 Å². The number of aliphatic imine (C=N–C) groups is 1. The second-order valence-corrected chi connectivity index (χ2v) is 59.2. The normalized spacial score (nSPS) is 34.8. The number of methoxy groups -OCH3 is 1. The van der Waals surface area contributed by atoms with Crippen molar-refractivity contribution in [2.75, 3.05) is 20.3 Å². The first-order chi connectivity index (χ1) is 39.5. The number of fused-ring (bicyclic) bond motifs is 1. The van der Waals surface area contributed by atoms with Crippen LogP contribution in [-0.4, -0.2) is 158 Å². The number of allylic oxidation sites excluding steroid dienone is 1. The smallest absolute Gasteiger partial charge is 0.212 e. The first-order valence-corrected chi connectivity index (χ1v) is 48.7. The topological polar surface area (TPSA) is 131 Å². The number of ketones is 1. The highest BCUT2D eigenvalue weighted by atomic mass is 28.4. The van der Waals surface area contributed by atoms with E-state index < -0.39 is 83.9 Å². The molecule has 0 radical (unpaired) electrons. The molecule has 0 aromatic heterocycles. The van der Waals surface area contributed by atoms with Gasteiger partial charge in [0.05, 0.1) is 68.1 Å². The number of hydrogen-bond donors (Lipinski definition) is 0. The van der Waals surface area contributed by atoms with Crippen LogP contribution in [0.4, 0.5) is 0 Å². The van der Waals surface area contributed by atoms with E-state index in [2.05, 4.69) is 202 Å². The molecule has 9 unspecified atom stereocenters. The Bertz CT molecular complexity index is 2360. The molecule has 13 nitrogen and oxygen atoms in total. The van der Waals surface area contributed by atoms with Crippen LogP contribution in [0, 0.1) is 11.8 Å². The highest BCUT2D eigenvalue weighted by Crippen LogP contribution is 2.53. The molecule has 8 aliphatic heterocycles. The number of ether oxygens (including phenoxy) is 6. The Morgan fingerprint density at radius 2 is 1.28 bits per heavy atom. The number of rotatable bonds is 18. The van der Waals surface area contributed by atoms with Crippen LogP contribution < -0.4 is 0 Å². The lowest BCUT2D eigenvalue weighted by Crippen LogP contribution is -2.74. The molecule has 0 amide bonds. The molecular formula is C69H131NO12Si5. The van der Waals surface area contributed by atoms with Crippen LogP contribution in [0.1, 0.15) is 195 Å². The largest absolute Gasteiger partial charge is 0.414 e. The first-order valence-electron chi connectivity index (χ1n) is 34.1. The molecule has 16 atom stereocenters. The third-order valence-corrected chi connectivity index (χ3v) is 45.8. The SMILES string of the molecule is C=C1C[C@@H]2CCC/C=C/C(O[Si](C)(C)C(C)(C)C)C3O[C@H]4CCC(CC(=O)C[C@H]5[C@H](C)OC(C[C@@H](CO[Si](C)(C)C(C)(C)C)O[Si](C)(C)C(C)(C)C)[C@@H]5OC)OC4(/N=C4\COC(CCC1O2)C[C@H]4C)C(O[Si](C)(C)C(C)(C)C)C3O[Si](C)(C)C(C)(C)C. The van der Waals surface area contributed by atoms with Crippen molar-refractivity contribution in [3.8, 4) is 0 Å². The van der Waals surface area contributed by atoms with E-state index in [1.54, 1.807) is 7.11 Å². The van der Waals surface area contributed by atoms with Gasteiger partial charge in [-0.1, -0.05) is 130 Å². The van der Waals surface area contributed by atoms with Crippen LogP contribution in [0.15, 0.2) is 29.3 Å². The second-order valence-electron chi connectivity index (χ2n) is 35.4. The third-order valence-electron chi connectivity index (χ3n) is 23.4. The Labute approximate surface area is 537 Å². The van der Waals surface area contributed by atoms with Gasteiger partial charge in [0.15, 0.2) is 41.6 Å². The molecule has 504 valence electrons. The van der Waals surface area contributed by atoms with Crippen molar-refractivity contribution >= 4 is 53.1 Å². The van der Waals surface area contributed by atoms with Gasteiger partial charge in [-0.05, 0) is 167 Å². The molecule has 8 rings (SSSR count). The van der Waals surface area contributed by atoms with Crippen LogP contribution >= 0.6 is 0 Å². The summed E-state index contributed by atoms with van der Waals surface area (Å²) in [5.74, 6) is 0.0210. The molecule has 0 N–H and O–H groups in total. The van der Waals surface area contributed by atoms with Gasteiger partial charge in [0, 0.05) is 38.0 Å². The molecule has 0 aromatic rings. The minimum atomic E-state index is -2.71. The number of carbonyl (C=O) groups excluding carboxylic acids is 1. The summed E-state index contributed by atoms with van der Waals surface area (Å²) in [5.41, 5.74) is 0.737. The predicted octanol–water partition coefficient (Wildman–Crippen LogP) is 17.5. The zero-order valence-electron chi connectivity index (χ0n) is 60.8. The van der Waals surface area contributed by atoms with Gasteiger partial charge in [-0.3, -0.25) is 9.79 Å². The number of Topliss-reactive ketones (excluding diaryl/α,β-unsaturated/α-hetero) is 1. The zero-order valence-corrected chi connectivity index (χ0v) is 65.8. The molecule has 0 saturated carbocycles. The number of nitrogens with zero attached hydrogens (tertiary/aromatic N) is 1. The summed E-state index contributed by atoms with van der Waals surface area (Å²) in [6, 6.07) is 0. The molecule has 87 heavy (non-hydrogen) atoms. The minimum Gasteiger partial charge on any atom is -0.414 e. The van der Waals surface area contributed by atoms with Crippen molar-refractivity contribution < 1.29 is 55.3 Å². The van der Waals surface area contributed by atoms with Crippen molar-refractivity contribution in [2.45, 2.75) is 370 Å². The Balaban J connectivity index is 1.45. The van der Waals surface area contributed by atoms with Gasteiger partial charge in [-0.2, -0.15) is 0 Å². The van der Waals surface area contributed by atoms with Crippen LogP contribution in [0.5, 0.6) is 0 Å². The van der Waals surface area contributed by atoms with Gasteiger partial charge in [-0.15, -0.1) is 0 Å². The maximum Gasteiger partial charge on any atom is 0.212 e. The zero-order chi connectivity index (χ0) is 65.7. The van der Waals surface area contributed by atoms with E-state index in [1.807, 2.05) is 0 Å². The summed E-state index contributed by atoms with van der Waals surface area (Å²) in [4.78, 5) is 21.3. The highest BCUT2D eigenvalue weighted by Gasteiger charge is 2.66. The average molecular weight is 1310 g/mol. The fraction of sp³-hybridized carbons (Fsp3) is 0.913. The summed E-state index contributed by atoms with van der Waals surface area (Å²) >= 11 is 0. The quantitative estimate of drug-likeness (QED) is 0.0956. The van der Waals surface area contributed by atoms with Gasteiger partial charge < -0.3 is 50.6 Å². The monoisotopic (exact) mass is 1310 g/mol. The van der Waals surface area contributed by atoms with Crippen LogP contribution in [0.2, 0.25) is 90.7 Å². The van der Waals surface area contributed by atoms with E-state index in [1.165, 1.54) is 5.57 Å². The standard InChI is InChI=1S/C69H131NO12Si5/c1-46-39-50-35-37-56-47(2)40-51(76-56)33-31-30-32-34-57(80-85(24,25)66(10,11)12)61-62(81-86(26,27)67(13,14)15)63(82-87(28,29)68(16,17)18)69(70-55(46)45-73-50)59(77-61)38-36-52(78-69)41-49(71)42-54-48(3)75-58(60(54)72-19)43-53(79-84(22,23)65(7,8)9)44-74-83(20,21)64(4,5)6/h32,34,46,48,50-54,56-63H,2,30-31,33,35-45H2,1,3-29H3/b34-32+,70-55+/t46-,48+,50?,51+,52?,53+,54+,56?,57?,58?,59+,60-,61?,62?,63?,69?/m1/s1. The maximum atomic E-state index is 15.2. The predicted molar refractivity (Wildman–Crippen MR) is 370 cm³/mol. The van der Waals surface area contributed by atoms with Gasteiger partial charge in [0.2, 0.25) is 5.72 Å². The van der Waals surface area contributed by atoms with Crippen LogP contribution in [0.25, 0.3) is 0 Å². The second kappa shape index (κ2) is 28.0. The molecule has 0 aromatic carbocycles. The Morgan fingerprint density at radius 3 is 1.85 bits per heavy atom. The van der Waals surface area contributed by atoms with Crippen LogP contribution in [0.3, 0.4) is 0 Å². The molecule has 8 heterocycles. The first kappa shape index (κ1) is 75.5. The summed E-state index contributed by atoms with van der Waals surface area (Å²) in [5, 5.41) is -0.382. The fourth-order valence-electron chi connectivity index (χ4n) is 12.3. The number of carbonyl (C=O) groups is 1. The minimum absolute atomic E-state index is 0.00921. The fourth-order valence-corrected chi connectivity index (χ4v) is 18.5. The Kier molecular flexibility index (Phi) is 24.3. The molecule has 5 fully saturated rings. The maximum absolute atomic E-state index is 15.2. The van der Waals surface area contributed by atoms with E-state index in [4.69, 9.17) is 55.5 Å². The van der Waals surface area contributed by atoms with E-state index in [0.717, 1.165) is 50.7 Å². The molecule has 18 heteroatoms. The van der Waals surface area contributed by atoms with Crippen molar-refractivity contribution in [2.24, 2.45) is 16.8 Å². The Hall–Kier alpha value is -0.536. The molecule has 6 bridgehead atoms. The van der Waals surface area contributed by atoms with Crippen molar-refractivity contribution in [3.05, 3.63) is 24.3 Å². The number of hydrogen-bond acceptors (Lipinski definition) is 13. The van der Waals surface area contributed by atoms with E-state index in [-0.39, 0.29) is 92.0 Å². The summed E-state index contributed by atoms with van der Waals surface area (Å²) < 4.78 is 80.7. The van der Waals surface area contributed by atoms with Gasteiger partial charge in [-0.25, -0.2) is 0 Å². The lowest BCUT2D eigenvalue weighted by Gasteiger charge is -2.60. The van der Waals surface area contributed by atoms with Crippen LogP contribution in [-0.2, 0) is 55.3 Å². The summed E-state index contributed by atoms with van der Waals surface area (Å²) in [6.07, 6.45) is 9.11. The van der Waals surface area contributed by atoms with E-state index >= 15 is 4.79 Å².